The predicted octanol–water partition coefficient (Wildman–Crippen LogP) is 5.08. The lowest BCUT2D eigenvalue weighted by Gasteiger charge is -2.67. The molecule has 5 aliphatic rings. The van der Waals surface area contributed by atoms with Crippen molar-refractivity contribution in [1.29, 1.82) is 0 Å². The summed E-state index contributed by atoms with van der Waals surface area (Å²) in [4.78, 5) is 0. The van der Waals surface area contributed by atoms with Crippen molar-refractivity contribution in [2.24, 2.45) is 51.8 Å². The number of aliphatic hydroxyl groups is 4. The van der Waals surface area contributed by atoms with Gasteiger partial charge in [-0.3, -0.25) is 0 Å². The maximum atomic E-state index is 12.5. The molecule has 0 spiro atoms. The minimum atomic E-state index is -1.34. The molecule has 34 heavy (non-hydrogen) atoms. The van der Waals surface area contributed by atoms with E-state index in [1.807, 2.05) is 0 Å². The van der Waals surface area contributed by atoms with Crippen LogP contribution in [-0.4, -0.2) is 43.8 Å². The highest BCUT2D eigenvalue weighted by molar-refractivity contribution is 5.35. The number of rotatable bonds is 4. The number of fused-ring (bicyclic) bond motifs is 5. The van der Waals surface area contributed by atoms with E-state index in [4.69, 9.17) is 0 Å². The number of allylic oxidation sites excluding steroid dienone is 1. The molecule has 4 nitrogen and oxygen atoms in total. The summed E-state index contributed by atoms with van der Waals surface area (Å²) in [5, 5.41) is 46.9. The predicted molar refractivity (Wildman–Crippen MR) is 135 cm³/mol. The summed E-state index contributed by atoms with van der Waals surface area (Å²) in [5.41, 5.74) is -1.85. The van der Waals surface area contributed by atoms with E-state index in [9.17, 15) is 20.4 Å². The van der Waals surface area contributed by atoms with Crippen LogP contribution in [0.25, 0.3) is 0 Å². The molecule has 0 aliphatic heterocycles. The maximum absolute atomic E-state index is 12.5. The van der Waals surface area contributed by atoms with Crippen LogP contribution >= 0.6 is 0 Å². The highest BCUT2D eigenvalue weighted by Crippen LogP contribution is 2.73. The van der Waals surface area contributed by atoms with Gasteiger partial charge in [0.1, 0.15) is 5.60 Å². The van der Waals surface area contributed by atoms with Gasteiger partial charge in [-0.05, 0) is 86.4 Å². The Morgan fingerprint density at radius 2 is 1.59 bits per heavy atom. The van der Waals surface area contributed by atoms with Gasteiger partial charge in [0, 0.05) is 16.7 Å². The lowest BCUT2D eigenvalue weighted by Crippen LogP contribution is -2.75. The smallest absolute Gasteiger partial charge is 0.105 e. The third-order valence-electron chi connectivity index (χ3n) is 13.2. The van der Waals surface area contributed by atoms with E-state index >= 15 is 0 Å². The molecule has 4 heteroatoms. The molecule has 194 valence electrons. The number of hydrogen-bond acceptors (Lipinski definition) is 4. The summed E-state index contributed by atoms with van der Waals surface area (Å²) < 4.78 is 0. The van der Waals surface area contributed by atoms with Crippen molar-refractivity contribution in [2.75, 3.05) is 0 Å². The van der Waals surface area contributed by atoms with Gasteiger partial charge in [-0.1, -0.05) is 60.1 Å². The van der Waals surface area contributed by atoms with E-state index in [-0.39, 0.29) is 12.0 Å². The van der Waals surface area contributed by atoms with E-state index in [1.165, 1.54) is 6.42 Å². The second-order valence-electron chi connectivity index (χ2n) is 14.5. The molecule has 0 bridgehead atoms. The molecule has 4 fully saturated rings. The quantitative estimate of drug-likeness (QED) is 0.428. The monoisotopic (exact) mass is 474 g/mol. The lowest BCUT2D eigenvalue weighted by atomic mass is 9.42. The Balaban J connectivity index is 1.48. The van der Waals surface area contributed by atoms with Crippen LogP contribution in [0.4, 0.5) is 0 Å². The van der Waals surface area contributed by atoms with Crippen molar-refractivity contribution in [1.82, 2.24) is 0 Å². The molecule has 4 saturated carbocycles. The van der Waals surface area contributed by atoms with Crippen LogP contribution in [-0.2, 0) is 0 Å². The Labute approximate surface area is 207 Å². The Morgan fingerprint density at radius 1 is 0.912 bits per heavy atom. The third kappa shape index (κ3) is 2.92. The zero-order valence-corrected chi connectivity index (χ0v) is 22.6. The van der Waals surface area contributed by atoms with Crippen LogP contribution < -0.4 is 0 Å². The molecule has 2 unspecified atom stereocenters. The first-order valence-electron chi connectivity index (χ1n) is 14.2. The number of aliphatic hydroxyl groups excluding tert-OH is 2. The summed E-state index contributed by atoms with van der Waals surface area (Å²) in [6.45, 7) is 16.2. The Hall–Kier alpha value is -0.420. The molecule has 0 aromatic heterocycles. The lowest BCUT2D eigenvalue weighted by molar-refractivity contribution is -0.294. The topological polar surface area (TPSA) is 80.9 Å². The van der Waals surface area contributed by atoms with Crippen molar-refractivity contribution >= 4 is 0 Å². The minimum absolute atomic E-state index is 0.356. The Bertz CT molecular complexity index is 868. The summed E-state index contributed by atoms with van der Waals surface area (Å²) in [7, 11) is 0. The van der Waals surface area contributed by atoms with Crippen molar-refractivity contribution in [3.8, 4) is 0 Å². The van der Waals surface area contributed by atoms with Crippen LogP contribution in [0.1, 0.15) is 99.8 Å². The van der Waals surface area contributed by atoms with E-state index in [1.54, 1.807) is 0 Å². The van der Waals surface area contributed by atoms with Crippen LogP contribution in [0, 0.1) is 51.8 Å². The van der Waals surface area contributed by atoms with Crippen LogP contribution in [0.15, 0.2) is 11.6 Å². The van der Waals surface area contributed by atoms with Gasteiger partial charge >= 0.3 is 0 Å². The van der Waals surface area contributed by atoms with Gasteiger partial charge < -0.3 is 20.4 Å². The SMILES string of the molecule is CC(C)[C@@H](C)[C@@]1(C)CC1[C@@H](C)[C@H]1CC[C@@]2(O)C3CC=C4C[C@@H](O)CC[C@]4(C)[C@@]3(O)[C@H](O)C[C@]12C. The standard InChI is InChI=1S/C30H50O4/c1-17(2)19(4)26(5)15-23(26)18(3)22-11-13-29(33)24-9-8-20-14-21(31)10-12-27(20,6)30(24,34)25(32)16-28(22,29)7/h8,17-19,21-25,31-34H,9-16H2,1-7H3/t18-,19+,21-,22+,23?,24?,25+,26+,27-,28+,29+,30-/m0/s1. The van der Waals surface area contributed by atoms with E-state index in [0.29, 0.717) is 73.5 Å². The average molecular weight is 475 g/mol. The zero-order valence-electron chi connectivity index (χ0n) is 22.6. The first-order chi connectivity index (χ1) is 15.7. The second-order valence-corrected chi connectivity index (χ2v) is 14.5. The minimum Gasteiger partial charge on any atom is -0.393 e. The van der Waals surface area contributed by atoms with Gasteiger partial charge in [0.15, 0.2) is 0 Å². The van der Waals surface area contributed by atoms with Gasteiger partial charge in [-0.25, -0.2) is 0 Å². The molecule has 5 aliphatic carbocycles. The molecule has 12 atom stereocenters. The van der Waals surface area contributed by atoms with Gasteiger partial charge in [0.05, 0.1) is 17.8 Å². The molecular weight excluding hydrogens is 424 g/mol. The molecule has 0 amide bonds. The van der Waals surface area contributed by atoms with Crippen molar-refractivity contribution in [3.63, 3.8) is 0 Å². The summed E-state index contributed by atoms with van der Waals surface area (Å²) in [6.07, 6.45) is 6.82. The molecule has 0 heterocycles. The summed E-state index contributed by atoms with van der Waals surface area (Å²) in [5.74, 6) is 2.51. The molecule has 0 aromatic carbocycles. The van der Waals surface area contributed by atoms with Gasteiger partial charge in [-0.2, -0.15) is 0 Å². The van der Waals surface area contributed by atoms with Gasteiger partial charge in [0.25, 0.3) is 0 Å². The van der Waals surface area contributed by atoms with Crippen molar-refractivity contribution in [3.05, 3.63) is 11.6 Å². The Morgan fingerprint density at radius 3 is 2.24 bits per heavy atom. The Kier molecular flexibility index (Phi) is 5.61. The molecular formula is C30H50O4. The summed E-state index contributed by atoms with van der Waals surface area (Å²) in [6, 6.07) is 0. The van der Waals surface area contributed by atoms with E-state index < -0.39 is 28.1 Å². The van der Waals surface area contributed by atoms with Crippen LogP contribution in [0.3, 0.4) is 0 Å². The average Bonchev–Trinajstić information content (AvgIpc) is 3.38. The highest BCUT2D eigenvalue weighted by atomic mass is 16.4. The number of hydrogen-bond donors (Lipinski definition) is 4. The molecule has 0 radical (unpaired) electrons. The zero-order chi connectivity index (χ0) is 25.1. The molecule has 5 rings (SSSR count). The van der Waals surface area contributed by atoms with Crippen molar-refractivity contribution < 1.29 is 20.4 Å². The first-order valence-corrected chi connectivity index (χ1v) is 14.2. The second kappa shape index (κ2) is 7.55. The first kappa shape index (κ1) is 25.2. The fraction of sp³-hybridized carbons (Fsp3) is 0.933. The van der Waals surface area contributed by atoms with Crippen LogP contribution in [0.2, 0.25) is 0 Å². The normalized spacial score (nSPS) is 56.2. The molecule has 0 saturated heterocycles. The van der Waals surface area contributed by atoms with E-state index in [0.717, 1.165) is 12.0 Å². The fourth-order valence-electron chi connectivity index (χ4n) is 10.3. The largest absolute Gasteiger partial charge is 0.393 e. The molecule has 4 N–H and O–H groups in total. The third-order valence-corrected chi connectivity index (χ3v) is 13.2. The van der Waals surface area contributed by atoms with Crippen LogP contribution in [0.5, 0.6) is 0 Å². The molecule has 0 aromatic rings. The maximum Gasteiger partial charge on any atom is 0.105 e. The van der Waals surface area contributed by atoms with Gasteiger partial charge in [-0.15, -0.1) is 0 Å². The van der Waals surface area contributed by atoms with Crippen molar-refractivity contribution in [2.45, 2.75) is 123 Å². The van der Waals surface area contributed by atoms with E-state index in [2.05, 4.69) is 54.5 Å². The highest BCUT2D eigenvalue weighted by Gasteiger charge is 2.75. The van der Waals surface area contributed by atoms with Gasteiger partial charge in [0.2, 0.25) is 0 Å². The summed E-state index contributed by atoms with van der Waals surface area (Å²) >= 11 is 0. The fourth-order valence-corrected chi connectivity index (χ4v) is 10.3.